The molecule has 2 spiro atoms. The lowest BCUT2D eigenvalue weighted by atomic mass is 9.48. The molecule has 1 aromatic carbocycles. The van der Waals surface area contributed by atoms with E-state index in [9.17, 15) is 10.4 Å². The number of hydrogen-bond donors (Lipinski definition) is 1. The minimum absolute atomic E-state index is 0.0908. The summed E-state index contributed by atoms with van der Waals surface area (Å²) in [5, 5.41) is 22.1. The topological polar surface area (TPSA) is 75.0 Å². The van der Waals surface area contributed by atoms with Crippen molar-refractivity contribution < 1.29 is 19.3 Å². The Kier molecular flexibility index (Phi) is 3.14. The van der Waals surface area contributed by atoms with E-state index in [0.717, 1.165) is 37.4 Å². The van der Waals surface area contributed by atoms with Crippen LogP contribution in [0.2, 0.25) is 0 Å². The summed E-state index contributed by atoms with van der Waals surface area (Å²) >= 11 is 0. The smallest absolute Gasteiger partial charge is 0.207 e. The van der Waals surface area contributed by atoms with Gasteiger partial charge in [-0.3, -0.25) is 4.90 Å². The van der Waals surface area contributed by atoms with Gasteiger partial charge in [0, 0.05) is 24.6 Å². The molecular weight excluding hydrogens is 368 g/mol. The Balaban J connectivity index is 1.46. The van der Waals surface area contributed by atoms with E-state index < -0.39 is 22.9 Å². The highest BCUT2D eigenvalue weighted by atomic mass is 16.8. The first-order valence-electron chi connectivity index (χ1n) is 11.1. The molecule has 152 valence electrons. The Morgan fingerprint density at radius 1 is 1.17 bits per heavy atom. The van der Waals surface area contributed by atoms with Crippen molar-refractivity contribution in [3.63, 3.8) is 0 Å². The SMILES string of the molecule is N#Cc1ccc2c3c1OC1C4(CCC5(O)C(C2)N(CC2CC2)CCC315)OCCO4. The summed E-state index contributed by atoms with van der Waals surface area (Å²) in [6.45, 7) is 3.15. The molecule has 3 aliphatic carbocycles. The number of likely N-dealkylation sites (tertiary alicyclic amines) is 1. The lowest BCUT2D eigenvalue weighted by Crippen LogP contribution is -2.79. The van der Waals surface area contributed by atoms with Crippen LogP contribution < -0.4 is 4.74 Å². The fourth-order valence-corrected chi connectivity index (χ4v) is 7.31. The van der Waals surface area contributed by atoms with Gasteiger partial charge < -0.3 is 19.3 Å². The molecule has 4 fully saturated rings. The number of ether oxygens (including phenoxy) is 3. The second-order valence-electron chi connectivity index (χ2n) is 9.90. The van der Waals surface area contributed by atoms with Crippen LogP contribution in [0.25, 0.3) is 0 Å². The maximum absolute atomic E-state index is 12.4. The van der Waals surface area contributed by atoms with E-state index in [2.05, 4.69) is 17.0 Å². The number of nitrogens with zero attached hydrogens (tertiary/aromatic N) is 2. The van der Waals surface area contributed by atoms with E-state index in [1.807, 2.05) is 6.07 Å². The van der Waals surface area contributed by atoms with E-state index >= 15 is 0 Å². The molecule has 7 rings (SSSR count). The van der Waals surface area contributed by atoms with Crippen molar-refractivity contribution in [3.8, 4) is 11.8 Å². The quantitative estimate of drug-likeness (QED) is 0.825. The molecule has 2 saturated carbocycles. The van der Waals surface area contributed by atoms with Crippen molar-refractivity contribution >= 4 is 0 Å². The molecule has 4 unspecified atom stereocenters. The summed E-state index contributed by atoms with van der Waals surface area (Å²) in [7, 11) is 0. The van der Waals surface area contributed by atoms with Gasteiger partial charge in [0.2, 0.25) is 5.79 Å². The van der Waals surface area contributed by atoms with E-state index in [1.165, 1.54) is 18.4 Å². The van der Waals surface area contributed by atoms with E-state index in [-0.39, 0.29) is 6.04 Å². The summed E-state index contributed by atoms with van der Waals surface area (Å²) in [6, 6.07) is 6.38. The zero-order valence-electron chi connectivity index (χ0n) is 16.5. The molecule has 3 heterocycles. The molecule has 2 bridgehead atoms. The van der Waals surface area contributed by atoms with E-state index in [0.29, 0.717) is 37.4 Å². The number of nitriles is 1. The third-order valence-electron chi connectivity index (χ3n) is 8.68. The van der Waals surface area contributed by atoms with Gasteiger partial charge in [-0.05, 0) is 56.2 Å². The van der Waals surface area contributed by atoms with Crippen LogP contribution in [-0.2, 0) is 21.3 Å². The van der Waals surface area contributed by atoms with Gasteiger partial charge >= 0.3 is 0 Å². The van der Waals surface area contributed by atoms with Crippen molar-refractivity contribution in [3.05, 3.63) is 28.8 Å². The first-order chi connectivity index (χ1) is 14.1. The van der Waals surface area contributed by atoms with Gasteiger partial charge in [-0.2, -0.15) is 5.26 Å². The molecular formula is C23H26N2O4. The Bertz CT molecular complexity index is 947. The Morgan fingerprint density at radius 3 is 2.76 bits per heavy atom. The summed E-state index contributed by atoms with van der Waals surface area (Å²) in [6.07, 6.45) is 5.16. The Labute approximate surface area is 170 Å². The largest absolute Gasteiger partial charge is 0.482 e. The second kappa shape index (κ2) is 5.33. The molecule has 0 amide bonds. The summed E-state index contributed by atoms with van der Waals surface area (Å²) in [4.78, 5) is 2.55. The third-order valence-corrected chi connectivity index (χ3v) is 8.68. The number of fused-ring (bicyclic) bond motifs is 1. The standard InChI is InChI=1S/C23H26N2O4/c24-12-16-4-3-15-11-17-22(26)5-6-23(27-9-10-28-23)20-21(22,18(15)19(16)29-20)7-8-25(17)13-14-1-2-14/h3-4,14,17,20,26H,1-2,5-11,13H2. The van der Waals surface area contributed by atoms with Crippen LogP contribution in [-0.4, -0.2) is 59.8 Å². The molecule has 3 aliphatic heterocycles. The highest BCUT2D eigenvalue weighted by Crippen LogP contribution is 2.67. The predicted octanol–water partition coefficient (Wildman–Crippen LogP) is 1.87. The Hall–Kier alpha value is -1.65. The van der Waals surface area contributed by atoms with E-state index in [4.69, 9.17) is 14.2 Å². The molecule has 6 aliphatic rings. The average molecular weight is 394 g/mol. The summed E-state index contributed by atoms with van der Waals surface area (Å²) < 4.78 is 19.0. The molecule has 2 saturated heterocycles. The monoisotopic (exact) mass is 394 g/mol. The molecule has 0 aromatic heterocycles. The first-order valence-corrected chi connectivity index (χ1v) is 11.1. The first kappa shape index (κ1) is 17.1. The molecule has 1 aromatic rings. The van der Waals surface area contributed by atoms with Gasteiger partial charge in [0.25, 0.3) is 0 Å². The van der Waals surface area contributed by atoms with Crippen LogP contribution in [0.5, 0.6) is 5.75 Å². The zero-order valence-corrected chi connectivity index (χ0v) is 16.5. The van der Waals surface area contributed by atoms with Crippen molar-refractivity contribution in [2.24, 2.45) is 5.92 Å². The van der Waals surface area contributed by atoms with Gasteiger partial charge in [-0.15, -0.1) is 0 Å². The number of hydrogen-bond acceptors (Lipinski definition) is 6. The molecule has 0 radical (unpaired) electrons. The van der Waals surface area contributed by atoms with Crippen LogP contribution in [0, 0.1) is 17.2 Å². The van der Waals surface area contributed by atoms with Crippen LogP contribution in [0.1, 0.15) is 48.8 Å². The average Bonchev–Trinajstić information content (AvgIpc) is 3.28. The summed E-state index contributed by atoms with van der Waals surface area (Å²) in [5.74, 6) is 0.649. The predicted molar refractivity (Wildman–Crippen MR) is 102 cm³/mol. The van der Waals surface area contributed by atoms with Crippen molar-refractivity contribution in [1.82, 2.24) is 4.90 Å². The molecule has 4 atom stereocenters. The molecule has 6 nitrogen and oxygen atoms in total. The maximum Gasteiger partial charge on any atom is 0.207 e. The van der Waals surface area contributed by atoms with Crippen LogP contribution in [0.4, 0.5) is 0 Å². The number of piperidine rings is 1. The van der Waals surface area contributed by atoms with Crippen molar-refractivity contribution in [2.75, 3.05) is 26.3 Å². The van der Waals surface area contributed by atoms with Crippen LogP contribution in [0.3, 0.4) is 0 Å². The lowest BCUT2D eigenvalue weighted by Gasteiger charge is -2.65. The highest BCUT2D eigenvalue weighted by molar-refractivity contribution is 5.63. The Morgan fingerprint density at radius 2 is 2.00 bits per heavy atom. The van der Waals surface area contributed by atoms with E-state index in [1.54, 1.807) is 0 Å². The minimum atomic E-state index is -0.877. The van der Waals surface area contributed by atoms with Crippen LogP contribution >= 0.6 is 0 Å². The number of benzene rings is 1. The lowest BCUT2D eigenvalue weighted by molar-refractivity contribution is -0.296. The summed E-state index contributed by atoms with van der Waals surface area (Å²) in [5.41, 5.74) is 1.42. The van der Waals surface area contributed by atoms with Crippen molar-refractivity contribution in [2.45, 2.75) is 67.5 Å². The molecule has 6 heteroatoms. The normalized spacial score (nSPS) is 41.1. The van der Waals surface area contributed by atoms with Crippen LogP contribution in [0.15, 0.2) is 12.1 Å². The zero-order chi connectivity index (χ0) is 19.4. The number of rotatable bonds is 2. The fraction of sp³-hybridized carbons (Fsp3) is 0.696. The molecule has 1 N–H and O–H groups in total. The highest BCUT2D eigenvalue weighted by Gasteiger charge is 2.77. The van der Waals surface area contributed by atoms with Gasteiger partial charge in [0.15, 0.2) is 6.10 Å². The maximum atomic E-state index is 12.4. The number of aliphatic hydroxyl groups is 1. The third kappa shape index (κ3) is 1.87. The second-order valence-corrected chi connectivity index (χ2v) is 9.90. The molecule has 29 heavy (non-hydrogen) atoms. The van der Waals surface area contributed by atoms with Gasteiger partial charge in [-0.25, -0.2) is 0 Å². The minimum Gasteiger partial charge on any atom is -0.482 e. The van der Waals surface area contributed by atoms with Gasteiger partial charge in [0.1, 0.15) is 11.8 Å². The van der Waals surface area contributed by atoms with Gasteiger partial charge in [-0.1, -0.05) is 6.07 Å². The fourth-order valence-electron chi connectivity index (χ4n) is 7.31. The van der Waals surface area contributed by atoms with Crippen molar-refractivity contribution in [1.29, 1.82) is 5.26 Å². The van der Waals surface area contributed by atoms with Gasteiger partial charge in [0.05, 0.1) is 29.8 Å².